The number of piperidine rings is 1. The Bertz CT molecular complexity index is 1110. The van der Waals surface area contributed by atoms with Crippen LogP contribution in [0.25, 0.3) is 0 Å². The summed E-state index contributed by atoms with van der Waals surface area (Å²) in [6.45, 7) is 0.629. The van der Waals surface area contributed by atoms with Gasteiger partial charge in [-0.15, -0.1) is 0 Å². The van der Waals surface area contributed by atoms with Crippen LogP contribution in [0.15, 0.2) is 83.8 Å². The summed E-state index contributed by atoms with van der Waals surface area (Å²) in [6, 6.07) is 23.5. The van der Waals surface area contributed by atoms with Crippen molar-refractivity contribution in [3.05, 3.63) is 100 Å². The molecule has 1 fully saturated rings. The maximum absolute atomic E-state index is 13.1. The fourth-order valence-corrected chi connectivity index (χ4v) is 6.18. The average Bonchev–Trinajstić information content (AvgIpc) is 2.81. The van der Waals surface area contributed by atoms with Gasteiger partial charge in [-0.1, -0.05) is 83.9 Å². The van der Waals surface area contributed by atoms with Gasteiger partial charge in [-0.05, 0) is 48.1 Å². The van der Waals surface area contributed by atoms with Gasteiger partial charge in [0.05, 0.1) is 14.9 Å². The molecule has 0 atom stereocenters. The molecule has 4 nitrogen and oxygen atoms in total. The Hall–Kier alpha value is -1.89. The second-order valence-electron chi connectivity index (χ2n) is 7.75. The SMILES string of the molecule is O=S(=O)(c1ccc(Cl)c(Cl)c1)N1CCC(C(O)(c2ccccc2)c2ccccc2)CC1. The summed E-state index contributed by atoms with van der Waals surface area (Å²) < 4.78 is 27.7. The minimum Gasteiger partial charge on any atom is -0.380 e. The highest BCUT2D eigenvalue weighted by Crippen LogP contribution is 2.42. The van der Waals surface area contributed by atoms with E-state index in [0.29, 0.717) is 31.0 Å². The van der Waals surface area contributed by atoms with E-state index in [1.807, 2.05) is 60.7 Å². The predicted molar refractivity (Wildman–Crippen MR) is 124 cm³/mol. The quantitative estimate of drug-likeness (QED) is 0.542. The van der Waals surface area contributed by atoms with Crippen LogP contribution < -0.4 is 0 Å². The Balaban J connectivity index is 1.61. The molecule has 3 aromatic rings. The van der Waals surface area contributed by atoms with Gasteiger partial charge in [-0.25, -0.2) is 8.42 Å². The molecule has 0 radical (unpaired) electrons. The molecule has 31 heavy (non-hydrogen) atoms. The molecule has 4 rings (SSSR count). The minimum absolute atomic E-state index is 0.127. The summed E-state index contributed by atoms with van der Waals surface area (Å²) in [6.07, 6.45) is 1.06. The molecule has 0 saturated carbocycles. The van der Waals surface area contributed by atoms with Gasteiger partial charge in [0, 0.05) is 13.1 Å². The van der Waals surface area contributed by atoms with Crippen LogP contribution in [-0.4, -0.2) is 30.9 Å². The largest absolute Gasteiger partial charge is 0.380 e. The van der Waals surface area contributed by atoms with Crippen molar-refractivity contribution in [2.75, 3.05) is 13.1 Å². The molecule has 1 aliphatic heterocycles. The monoisotopic (exact) mass is 475 g/mol. The number of sulfonamides is 1. The average molecular weight is 476 g/mol. The maximum atomic E-state index is 13.1. The van der Waals surface area contributed by atoms with E-state index in [9.17, 15) is 13.5 Å². The normalized spacial score (nSPS) is 16.4. The predicted octanol–water partition coefficient (Wildman–Crippen LogP) is 5.33. The zero-order chi connectivity index (χ0) is 22.1. The van der Waals surface area contributed by atoms with Crippen molar-refractivity contribution in [3.63, 3.8) is 0 Å². The van der Waals surface area contributed by atoms with Gasteiger partial charge in [0.25, 0.3) is 0 Å². The van der Waals surface area contributed by atoms with Crippen LogP contribution in [0.2, 0.25) is 10.0 Å². The molecule has 1 saturated heterocycles. The van der Waals surface area contributed by atoms with Crippen molar-refractivity contribution in [2.45, 2.75) is 23.3 Å². The lowest BCUT2D eigenvalue weighted by Gasteiger charge is -2.42. The van der Waals surface area contributed by atoms with Gasteiger partial charge in [-0.2, -0.15) is 4.31 Å². The van der Waals surface area contributed by atoms with Crippen molar-refractivity contribution < 1.29 is 13.5 Å². The highest BCUT2D eigenvalue weighted by Gasteiger charge is 2.43. The lowest BCUT2D eigenvalue weighted by Crippen LogP contribution is -2.46. The second kappa shape index (κ2) is 8.93. The lowest BCUT2D eigenvalue weighted by atomic mass is 9.72. The molecular weight excluding hydrogens is 453 g/mol. The summed E-state index contributed by atoms with van der Waals surface area (Å²) in [4.78, 5) is 0.127. The topological polar surface area (TPSA) is 57.6 Å². The smallest absolute Gasteiger partial charge is 0.243 e. The van der Waals surface area contributed by atoms with E-state index in [-0.39, 0.29) is 15.8 Å². The molecule has 0 bridgehead atoms. The number of hydrogen-bond donors (Lipinski definition) is 1. The van der Waals surface area contributed by atoms with Gasteiger partial charge in [0.2, 0.25) is 10.0 Å². The van der Waals surface area contributed by atoms with Crippen LogP contribution in [0.1, 0.15) is 24.0 Å². The van der Waals surface area contributed by atoms with E-state index in [2.05, 4.69) is 0 Å². The number of hydrogen-bond acceptors (Lipinski definition) is 3. The van der Waals surface area contributed by atoms with Crippen molar-refractivity contribution in [3.8, 4) is 0 Å². The molecule has 3 aromatic carbocycles. The summed E-state index contributed by atoms with van der Waals surface area (Å²) in [5.74, 6) is -0.127. The number of rotatable bonds is 5. The van der Waals surface area contributed by atoms with Crippen LogP contribution in [0.5, 0.6) is 0 Å². The highest BCUT2D eigenvalue weighted by atomic mass is 35.5. The van der Waals surface area contributed by atoms with E-state index in [1.165, 1.54) is 22.5 Å². The summed E-state index contributed by atoms with van der Waals surface area (Å²) in [5, 5.41) is 12.5. The Morgan fingerprint density at radius 3 is 1.81 bits per heavy atom. The Labute approximate surface area is 193 Å². The van der Waals surface area contributed by atoms with E-state index >= 15 is 0 Å². The van der Waals surface area contributed by atoms with Gasteiger partial charge in [-0.3, -0.25) is 0 Å². The molecule has 162 valence electrons. The minimum atomic E-state index is -3.69. The first-order chi connectivity index (χ1) is 14.8. The Kier molecular flexibility index (Phi) is 6.42. The van der Waals surface area contributed by atoms with Crippen LogP contribution >= 0.6 is 23.2 Å². The third kappa shape index (κ3) is 4.26. The van der Waals surface area contributed by atoms with Crippen LogP contribution in [0.3, 0.4) is 0 Å². The standard InChI is InChI=1S/C24H23Cl2NO3S/c25-22-12-11-21(17-23(22)26)31(29,30)27-15-13-20(14-16-27)24(28,18-7-3-1-4-8-18)19-9-5-2-6-10-19/h1-12,17,20,28H,13-16H2. The zero-order valence-electron chi connectivity index (χ0n) is 16.8. The summed E-state index contributed by atoms with van der Waals surface area (Å²) >= 11 is 12.0. The number of halogens is 2. The van der Waals surface area contributed by atoms with Crippen molar-refractivity contribution in [1.29, 1.82) is 0 Å². The van der Waals surface area contributed by atoms with Gasteiger partial charge >= 0.3 is 0 Å². The first-order valence-electron chi connectivity index (χ1n) is 10.1. The van der Waals surface area contributed by atoms with Crippen LogP contribution in [-0.2, 0) is 15.6 Å². The van der Waals surface area contributed by atoms with Gasteiger partial charge < -0.3 is 5.11 Å². The fraction of sp³-hybridized carbons (Fsp3) is 0.250. The molecule has 0 unspecified atom stereocenters. The van der Waals surface area contributed by atoms with Crippen molar-refractivity contribution in [1.82, 2.24) is 4.31 Å². The molecule has 0 aliphatic carbocycles. The van der Waals surface area contributed by atoms with Gasteiger partial charge in [0.15, 0.2) is 0 Å². The molecule has 0 spiro atoms. The molecule has 1 heterocycles. The molecule has 1 aliphatic rings. The molecule has 0 amide bonds. The van der Waals surface area contributed by atoms with E-state index < -0.39 is 15.6 Å². The lowest BCUT2D eigenvalue weighted by molar-refractivity contribution is -0.00530. The third-order valence-electron chi connectivity index (χ3n) is 6.00. The van der Waals surface area contributed by atoms with E-state index in [4.69, 9.17) is 23.2 Å². The summed E-state index contributed by atoms with van der Waals surface area (Å²) in [7, 11) is -3.69. The Morgan fingerprint density at radius 1 is 0.806 bits per heavy atom. The zero-order valence-corrected chi connectivity index (χ0v) is 19.1. The summed E-state index contributed by atoms with van der Waals surface area (Å²) in [5.41, 5.74) is 0.432. The highest BCUT2D eigenvalue weighted by molar-refractivity contribution is 7.89. The van der Waals surface area contributed by atoms with Gasteiger partial charge in [0.1, 0.15) is 5.60 Å². The molecular formula is C24H23Cl2NO3S. The third-order valence-corrected chi connectivity index (χ3v) is 8.64. The van der Waals surface area contributed by atoms with Crippen LogP contribution in [0, 0.1) is 5.92 Å². The van der Waals surface area contributed by atoms with E-state index in [0.717, 1.165) is 11.1 Å². The number of aliphatic hydroxyl groups is 1. The fourth-order valence-electron chi connectivity index (χ4n) is 4.32. The van der Waals surface area contributed by atoms with Crippen molar-refractivity contribution in [2.24, 2.45) is 5.92 Å². The molecule has 7 heteroatoms. The first kappa shape index (κ1) is 22.3. The maximum Gasteiger partial charge on any atom is 0.243 e. The second-order valence-corrected chi connectivity index (χ2v) is 10.5. The van der Waals surface area contributed by atoms with Crippen molar-refractivity contribution >= 4 is 33.2 Å². The molecule has 0 aromatic heterocycles. The number of nitrogens with zero attached hydrogens (tertiary/aromatic N) is 1. The molecule has 1 N–H and O–H groups in total. The first-order valence-corrected chi connectivity index (χ1v) is 12.3. The van der Waals surface area contributed by atoms with Crippen LogP contribution in [0.4, 0.5) is 0 Å². The Morgan fingerprint density at radius 2 is 1.32 bits per heavy atom. The van der Waals surface area contributed by atoms with E-state index in [1.54, 1.807) is 0 Å². The number of benzene rings is 3.